The Hall–Kier alpha value is -4.34. The van der Waals surface area contributed by atoms with Crippen LogP contribution in [-0.2, 0) is 0 Å². The molecule has 30 heavy (non-hydrogen) atoms. The lowest BCUT2D eigenvalue weighted by Crippen LogP contribution is -2.17. The van der Waals surface area contributed by atoms with Gasteiger partial charge in [0.25, 0.3) is 17.5 Å². The van der Waals surface area contributed by atoms with Gasteiger partial charge in [-0.2, -0.15) is 0 Å². The van der Waals surface area contributed by atoms with Gasteiger partial charge in [-0.1, -0.05) is 18.2 Å². The number of rotatable bonds is 6. The summed E-state index contributed by atoms with van der Waals surface area (Å²) >= 11 is 0. The van der Waals surface area contributed by atoms with Crippen molar-refractivity contribution in [2.45, 2.75) is 0 Å². The fourth-order valence-corrected chi connectivity index (χ4v) is 2.63. The van der Waals surface area contributed by atoms with Gasteiger partial charge in [0.2, 0.25) is 0 Å². The lowest BCUT2D eigenvalue weighted by molar-refractivity contribution is -0.383. The Morgan fingerprint density at radius 2 is 1.63 bits per heavy atom. The summed E-state index contributed by atoms with van der Waals surface area (Å²) in [7, 11) is 0. The second-order valence-corrected chi connectivity index (χ2v) is 6.11. The zero-order chi connectivity index (χ0) is 21.8. The summed E-state index contributed by atoms with van der Waals surface area (Å²) in [6, 6.07) is 13.5. The number of hydrogen-bond acceptors (Lipinski definition) is 5. The van der Waals surface area contributed by atoms with E-state index in [-0.39, 0.29) is 16.9 Å². The summed E-state index contributed by atoms with van der Waals surface area (Å²) in [6.45, 7) is 0. The number of nitro groups is 1. The second-order valence-electron chi connectivity index (χ2n) is 6.11. The summed E-state index contributed by atoms with van der Waals surface area (Å²) in [4.78, 5) is 34.4. The van der Waals surface area contributed by atoms with Gasteiger partial charge in [-0.15, -0.1) is 0 Å². The molecule has 10 heteroatoms. The smallest absolute Gasteiger partial charge is 0.293 e. The minimum atomic E-state index is -1.18. The van der Waals surface area contributed by atoms with Crippen molar-refractivity contribution in [1.82, 2.24) is 0 Å². The standard InChI is InChI=1S/C20H14F2N4O4/c21-14-10-15(22)17(9-13(14)19(23)27)25-20(28)11-6-7-16(18(8-11)26(29)30)24-12-4-2-1-3-5-12/h1-10,24H,(H2,23,27)(H,25,28). The third-order valence-corrected chi connectivity index (χ3v) is 4.08. The number of nitrogens with one attached hydrogen (secondary N) is 2. The first-order valence-corrected chi connectivity index (χ1v) is 8.47. The van der Waals surface area contributed by atoms with E-state index in [0.29, 0.717) is 11.8 Å². The number of nitrogens with two attached hydrogens (primary N) is 1. The molecule has 0 aliphatic heterocycles. The maximum Gasteiger partial charge on any atom is 0.293 e. The predicted molar refractivity (Wildman–Crippen MR) is 106 cm³/mol. The van der Waals surface area contributed by atoms with Crippen LogP contribution in [0.15, 0.2) is 60.7 Å². The molecule has 0 atom stereocenters. The van der Waals surface area contributed by atoms with E-state index in [0.717, 1.165) is 12.1 Å². The van der Waals surface area contributed by atoms with Gasteiger partial charge in [-0.25, -0.2) is 8.78 Å². The Balaban J connectivity index is 1.90. The van der Waals surface area contributed by atoms with Crippen molar-refractivity contribution >= 4 is 34.6 Å². The molecule has 152 valence electrons. The Kier molecular flexibility index (Phi) is 5.68. The van der Waals surface area contributed by atoms with Crippen LogP contribution >= 0.6 is 0 Å². The van der Waals surface area contributed by atoms with Gasteiger partial charge in [-0.05, 0) is 30.3 Å². The van der Waals surface area contributed by atoms with Crippen LogP contribution in [0.2, 0.25) is 0 Å². The molecule has 3 aromatic carbocycles. The fraction of sp³-hybridized carbons (Fsp3) is 0. The van der Waals surface area contributed by atoms with Crippen LogP contribution in [0.1, 0.15) is 20.7 Å². The topological polar surface area (TPSA) is 127 Å². The zero-order valence-corrected chi connectivity index (χ0v) is 15.2. The summed E-state index contributed by atoms with van der Waals surface area (Å²) in [5.41, 5.74) is 4.12. The van der Waals surface area contributed by atoms with Crippen LogP contribution < -0.4 is 16.4 Å². The number of anilines is 3. The summed E-state index contributed by atoms with van der Waals surface area (Å²) in [6.07, 6.45) is 0. The summed E-state index contributed by atoms with van der Waals surface area (Å²) in [5.74, 6) is -4.35. The molecule has 0 aromatic heterocycles. The molecule has 0 fully saturated rings. The van der Waals surface area contributed by atoms with Gasteiger partial charge in [0, 0.05) is 23.4 Å². The van der Waals surface area contributed by atoms with E-state index >= 15 is 0 Å². The van der Waals surface area contributed by atoms with Crippen molar-refractivity contribution in [3.05, 3.63) is 93.5 Å². The molecule has 2 amide bonds. The summed E-state index contributed by atoms with van der Waals surface area (Å²) in [5, 5.41) is 16.5. The Morgan fingerprint density at radius 3 is 2.27 bits per heavy atom. The number of nitro benzene ring substituents is 1. The molecule has 8 nitrogen and oxygen atoms in total. The second kappa shape index (κ2) is 8.35. The van der Waals surface area contributed by atoms with Crippen molar-refractivity contribution in [2.24, 2.45) is 5.73 Å². The number of benzene rings is 3. The third kappa shape index (κ3) is 4.38. The van der Waals surface area contributed by atoms with E-state index in [9.17, 15) is 28.5 Å². The number of hydrogen-bond donors (Lipinski definition) is 3. The average Bonchev–Trinajstić information content (AvgIpc) is 2.70. The molecule has 4 N–H and O–H groups in total. The van der Waals surface area contributed by atoms with Gasteiger partial charge in [0.15, 0.2) is 0 Å². The summed E-state index contributed by atoms with van der Waals surface area (Å²) < 4.78 is 27.5. The molecule has 0 aliphatic rings. The van der Waals surface area contributed by atoms with Crippen LogP contribution in [0, 0.1) is 21.7 Å². The highest BCUT2D eigenvalue weighted by atomic mass is 19.1. The molecule has 3 aromatic rings. The Morgan fingerprint density at radius 1 is 0.933 bits per heavy atom. The SMILES string of the molecule is NC(=O)c1cc(NC(=O)c2ccc(Nc3ccccc3)c([N+](=O)[O-])c2)c(F)cc1F. The van der Waals surface area contributed by atoms with Crippen LogP contribution in [0.4, 0.5) is 31.5 Å². The van der Waals surface area contributed by atoms with Gasteiger partial charge in [0.05, 0.1) is 16.2 Å². The average molecular weight is 412 g/mol. The molecule has 3 rings (SSSR count). The lowest BCUT2D eigenvalue weighted by Gasteiger charge is -2.10. The van der Waals surface area contributed by atoms with Crippen molar-refractivity contribution in [2.75, 3.05) is 10.6 Å². The highest BCUT2D eigenvalue weighted by Gasteiger charge is 2.20. The molecule has 0 heterocycles. The fourth-order valence-electron chi connectivity index (χ4n) is 2.63. The van der Waals surface area contributed by atoms with E-state index in [1.54, 1.807) is 30.3 Å². The van der Waals surface area contributed by atoms with Crippen LogP contribution in [-0.4, -0.2) is 16.7 Å². The van der Waals surface area contributed by atoms with E-state index < -0.39 is 39.6 Å². The van der Waals surface area contributed by atoms with Crippen molar-refractivity contribution < 1.29 is 23.3 Å². The normalized spacial score (nSPS) is 10.3. The van der Waals surface area contributed by atoms with Gasteiger partial charge < -0.3 is 16.4 Å². The number of para-hydroxylation sites is 1. The molecule has 0 unspecified atom stereocenters. The van der Waals surface area contributed by atoms with E-state index in [4.69, 9.17) is 5.73 Å². The Labute approximate surface area is 168 Å². The first-order chi connectivity index (χ1) is 14.3. The largest absolute Gasteiger partial charge is 0.366 e. The Bertz CT molecular complexity index is 1150. The quantitative estimate of drug-likeness (QED) is 0.417. The highest BCUT2D eigenvalue weighted by Crippen LogP contribution is 2.29. The molecule has 0 saturated carbocycles. The molecule has 0 radical (unpaired) electrons. The number of carbonyl (C=O) groups excluding carboxylic acids is 2. The van der Waals surface area contributed by atoms with Crippen molar-refractivity contribution in [1.29, 1.82) is 0 Å². The molecule has 0 saturated heterocycles. The monoisotopic (exact) mass is 412 g/mol. The van der Waals surface area contributed by atoms with Crippen molar-refractivity contribution in [3.8, 4) is 0 Å². The van der Waals surface area contributed by atoms with Crippen LogP contribution in [0.25, 0.3) is 0 Å². The molecule has 0 aliphatic carbocycles. The number of primary amides is 1. The van der Waals surface area contributed by atoms with E-state index in [1.165, 1.54) is 12.1 Å². The van der Waals surface area contributed by atoms with Gasteiger partial charge >= 0.3 is 0 Å². The first-order valence-electron chi connectivity index (χ1n) is 8.47. The van der Waals surface area contributed by atoms with Crippen LogP contribution in [0.5, 0.6) is 0 Å². The molecule has 0 spiro atoms. The number of carbonyl (C=O) groups is 2. The number of nitrogens with zero attached hydrogens (tertiary/aromatic N) is 1. The minimum absolute atomic E-state index is 0.145. The maximum absolute atomic E-state index is 14.0. The minimum Gasteiger partial charge on any atom is -0.366 e. The molecule has 0 bridgehead atoms. The number of amides is 2. The predicted octanol–water partition coefficient (Wildman–Crippen LogP) is 3.97. The van der Waals surface area contributed by atoms with Gasteiger partial charge in [0.1, 0.15) is 17.3 Å². The zero-order valence-electron chi connectivity index (χ0n) is 15.2. The lowest BCUT2D eigenvalue weighted by atomic mass is 10.1. The van der Waals surface area contributed by atoms with E-state index in [2.05, 4.69) is 10.6 Å². The third-order valence-electron chi connectivity index (χ3n) is 4.08. The van der Waals surface area contributed by atoms with Crippen molar-refractivity contribution in [3.63, 3.8) is 0 Å². The van der Waals surface area contributed by atoms with E-state index in [1.807, 2.05) is 0 Å². The molecular formula is C20H14F2N4O4. The van der Waals surface area contributed by atoms with Gasteiger partial charge in [-0.3, -0.25) is 19.7 Å². The first kappa shape index (κ1) is 20.4. The highest BCUT2D eigenvalue weighted by molar-refractivity contribution is 6.06. The van der Waals surface area contributed by atoms with Crippen LogP contribution in [0.3, 0.4) is 0 Å². The molecular weight excluding hydrogens is 398 g/mol. The number of halogens is 2. The maximum atomic E-state index is 14.0.